The number of aryl methyl sites for hydroxylation is 3. The van der Waals surface area contributed by atoms with Crippen LogP contribution in [0.2, 0.25) is 0 Å². The second-order valence-corrected chi connectivity index (χ2v) is 7.04. The summed E-state index contributed by atoms with van der Waals surface area (Å²) in [7, 11) is 3.58. The molecule has 0 fully saturated rings. The fourth-order valence-electron chi connectivity index (χ4n) is 2.83. The molecule has 0 spiro atoms. The Morgan fingerprint density at radius 3 is 2.48 bits per heavy atom. The van der Waals surface area contributed by atoms with Gasteiger partial charge >= 0.3 is 0 Å². The van der Waals surface area contributed by atoms with Gasteiger partial charge in [0.15, 0.2) is 4.80 Å². The summed E-state index contributed by atoms with van der Waals surface area (Å²) in [4.78, 5) is 17.4. The van der Waals surface area contributed by atoms with Gasteiger partial charge in [0.2, 0.25) is 0 Å². The number of aromatic nitrogens is 1. The van der Waals surface area contributed by atoms with Crippen LogP contribution in [0, 0.1) is 6.92 Å². The van der Waals surface area contributed by atoms with E-state index in [1.54, 1.807) is 7.11 Å². The van der Waals surface area contributed by atoms with Gasteiger partial charge in [0.1, 0.15) is 11.3 Å². The smallest absolute Gasteiger partial charge is 0.252 e. The van der Waals surface area contributed by atoms with Gasteiger partial charge in [0.05, 0.1) is 18.2 Å². The summed E-state index contributed by atoms with van der Waals surface area (Å²) in [5.41, 5.74) is 4.39. The van der Waals surface area contributed by atoms with Gasteiger partial charge in [-0.1, -0.05) is 48.6 Å². The maximum atomic E-state index is 12.4. The molecule has 1 aromatic heterocycles. The summed E-state index contributed by atoms with van der Waals surface area (Å²) in [6.07, 6.45) is 1.31. The Morgan fingerprint density at radius 2 is 1.84 bits per heavy atom. The Morgan fingerprint density at radius 1 is 1.16 bits per heavy atom. The summed E-state index contributed by atoms with van der Waals surface area (Å²) >= 11 is 1.52. The van der Waals surface area contributed by atoms with E-state index >= 15 is 0 Å². The van der Waals surface area contributed by atoms with Crippen LogP contribution in [0.15, 0.2) is 41.4 Å². The van der Waals surface area contributed by atoms with Crippen LogP contribution in [0.5, 0.6) is 5.75 Å². The van der Waals surface area contributed by atoms with Crippen LogP contribution in [0.4, 0.5) is 0 Å². The number of carbonyl (C=O) groups is 1. The normalized spacial score (nSPS) is 11.9. The minimum atomic E-state index is -0.136. The zero-order valence-corrected chi connectivity index (χ0v) is 15.8. The summed E-state index contributed by atoms with van der Waals surface area (Å²) in [5, 5.41) is 0. The highest BCUT2D eigenvalue weighted by molar-refractivity contribution is 7.16. The first kappa shape index (κ1) is 17.4. The second kappa shape index (κ2) is 7.23. The first-order chi connectivity index (χ1) is 12.0. The van der Waals surface area contributed by atoms with Gasteiger partial charge in [-0.3, -0.25) is 4.79 Å². The van der Waals surface area contributed by atoms with Gasteiger partial charge in [-0.25, -0.2) is 0 Å². The van der Waals surface area contributed by atoms with Crippen molar-refractivity contribution in [2.45, 2.75) is 26.7 Å². The molecule has 2 aromatic carbocycles. The molecule has 3 aromatic rings. The molecule has 1 heterocycles. The van der Waals surface area contributed by atoms with E-state index in [9.17, 15) is 4.79 Å². The Kier molecular flexibility index (Phi) is 5.04. The third-order valence-corrected chi connectivity index (χ3v) is 5.60. The Bertz CT molecular complexity index is 981. The first-order valence-electron chi connectivity index (χ1n) is 8.32. The molecule has 0 saturated carbocycles. The molecule has 0 aliphatic carbocycles. The first-order valence-corrected chi connectivity index (χ1v) is 9.13. The molecular formula is C20H22N2O2S. The van der Waals surface area contributed by atoms with E-state index in [0.29, 0.717) is 11.2 Å². The highest BCUT2D eigenvalue weighted by atomic mass is 32.1. The zero-order chi connectivity index (χ0) is 18.0. The largest absolute Gasteiger partial charge is 0.495 e. The van der Waals surface area contributed by atoms with Crippen molar-refractivity contribution in [1.82, 2.24) is 4.57 Å². The van der Waals surface area contributed by atoms with Crippen LogP contribution >= 0.6 is 11.3 Å². The lowest BCUT2D eigenvalue weighted by Crippen LogP contribution is -2.14. The van der Waals surface area contributed by atoms with Crippen molar-refractivity contribution in [3.05, 3.63) is 57.9 Å². The quantitative estimate of drug-likeness (QED) is 0.715. The topological polar surface area (TPSA) is 43.6 Å². The van der Waals surface area contributed by atoms with Crippen LogP contribution in [0.25, 0.3) is 10.2 Å². The van der Waals surface area contributed by atoms with Crippen molar-refractivity contribution < 1.29 is 9.53 Å². The number of hydrogen-bond donors (Lipinski definition) is 0. The average Bonchev–Trinajstić information content (AvgIpc) is 2.94. The highest BCUT2D eigenvalue weighted by Crippen LogP contribution is 2.29. The molecule has 0 aliphatic rings. The van der Waals surface area contributed by atoms with E-state index in [1.807, 2.05) is 35.9 Å². The van der Waals surface area contributed by atoms with E-state index in [2.05, 4.69) is 31.0 Å². The monoisotopic (exact) mass is 354 g/mol. The molecule has 1 amide bonds. The van der Waals surface area contributed by atoms with Gasteiger partial charge in [0, 0.05) is 7.05 Å². The van der Waals surface area contributed by atoms with Crippen LogP contribution in [0.3, 0.4) is 0 Å². The number of fused-ring (bicyclic) bond motifs is 1. The Labute approximate surface area is 151 Å². The summed E-state index contributed by atoms with van der Waals surface area (Å²) in [6.45, 7) is 4.17. The third-order valence-electron chi connectivity index (χ3n) is 4.33. The lowest BCUT2D eigenvalue weighted by Gasteiger charge is -2.05. The number of nitrogens with zero attached hydrogens (tertiary/aromatic N) is 2. The van der Waals surface area contributed by atoms with Crippen molar-refractivity contribution >= 4 is 27.5 Å². The third kappa shape index (κ3) is 3.51. The van der Waals surface area contributed by atoms with E-state index in [0.717, 1.165) is 33.5 Å². The molecule has 0 radical (unpaired) electrons. The van der Waals surface area contributed by atoms with Crippen LogP contribution in [-0.2, 0) is 24.7 Å². The van der Waals surface area contributed by atoms with Crippen molar-refractivity contribution in [3.8, 4) is 5.75 Å². The second-order valence-electron chi connectivity index (χ2n) is 6.06. The summed E-state index contributed by atoms with van der Waals surface area (Å²) in [6, 6.07) is 12.1. The fraction of sp³-hybridized carbons (Fsp3) is 0.300. The van der Waals surface area contributed by atoms with Crippen LogP contribution < -0.4 is 9.54 Å². The number of rotatable bonds is 4. The van der Waals surface area contributed by atoms with Crippen LogP contribution in [-0.4, -0.2) is 17.6 Å². The molecule has 0 unspecified atom stereocenters. The number of amides is 1. The minimum absolute atomic E-state index is 0.136. The maximum Gasteiger partial charge on any atom is 0.252 e. The maximum absolute atomic E-state index is 12.4. The molecule has 0 atom stereocenters. The predicted octanol–water partition coefficient (Wildman–Crippen LogP) is 3.79. The molecular weight excluding hydrogens is 332 g/mol. The molecule has 0 saturated heterocycles. The van der Waals surface area contributed by atoms with Gasteiger partial charge < -0.3 is 9.30 Å². The average molecular weight is 354 g/mol. The molecule has 3 rings (SSSR count). The SMILES string of the molecule is CCc1ccc(CC(=O)N=c2sc3c(C)ccc(OC)c3n2C)cc1. The Hall–Kier alpha value is -2.40. The molecule has 0 bridgehead atoms. The number of ether oxygens (including phenoxy) is 1. The highest BCUT2D eigenvalue weighted by Gasteiger charge is 2.12. The van der Waals surface area contributed by atoms with Crippen molar-refractivity contribution in [2.24, 2.45) is 12.0 Å². The van der Waals surface area contributed by atoms with E-state index in [-0.39, 0.29) is 5.91 Å². The van der Waals surface area contributed by atoms with Gasteiger partial charge in [0.25, 0.3) is 5.91 Å². The predicted molar refractivity (Wildman–Crippen MR) is 102 cm³/mol. The molecule has 4 nitrogen and oxygen atoms in total. The fourth-order valence-corrected chi connectivity index (χ4v) is 3.95. The number of carbonyl (C=O) groups excluding carboxylic acids is 1. The molecule has 0 aliphatic heterocycles. The Balaban J connectivity index is 1.96. The van der Waals surface area contributed by atoms with Crippen molar-refractivity contribution in [1.29, 1.82) is 0 Å². The standard InChI is InChI=1S/C20H22N2O2S/c1-5-14-7-9-15(10-8-14)12-17(23)21-20-22(3)18-16(24-4)11-6-13(2)19(18)25-20/h6-11H,5,12H2,1-4H3. The minimum Gasteiger partial charge on any atom is -0.495 e. The number of hydrogen-bond acceptors (Lipinski definition) is 3. The van der Waals surface area contributed by atoms with E-state index in [4.69, 9.17) is 4.74 Å². The van der Waals surface area contributed by atoms with Crippen LogP contribution in [0.1, 0.15) is 23.6 Å². The van der Waals surface area contributed by atoms with E-state index in [1.165, 1.54) is 16.9 Å². The van der Waals surface area contributed by atoms with Gasteiger partial charge in [-0.15, -0.1) is 0 Å². The summed E-state index contributed by atoms with van der Waals surface area (Å²) in [5.74, 6) is 0.659. The molecule has 130 valence electrons. The van der Waals surface area contributed by atoms with E-state index < -0.39 is 0 Å². The molecule has 0 N–H and O–H groups in total. The molecule has 5 heteroatoms. The van der Waals surface area contributed by atoms with Crippen molar-refractivity contribution in [2.75, 3.05) is 7.11 Å². The zero-order valence-electron chi connectivity index (χ0n) is 15.0. The number of benzene rings is 2. The van der Waals surface area contributed by atoms with Crippen molar-refractivity contribution in [3.63, 3.8) is 0 Å². The lowest BCUT2D eigenvalue weighted by atomic mass is 10.1. The van der Waals surface area contributed by atoms with Gasteiger partial charge in [-0.05, 0) is 36.1 Å². The van der Waals surface area contributed by atoms with Gasteiger partial charge in [-0.2, -0.15) is 4.99 Å². The number of thiazole rings is 1. The molecule has 25 heavy (non-hydrogen) atoms. The lowest BCUT2D eigenvalue weighted by molar-refractivity contribution is -0.117. The summed E-state index contributed by atoms with van der Waals surface area (Å²) < 4.78 is 8.49. The number of methoxy groups -OCH3 is 1.